The second-order valence-corrected chi connectivity index (χ2v) is 4.43. The lowest BCUT2D eigenvalue weighted by atomic mass is 10.1. The van der Waals surface area contributed by atoms with Crippen molar-refractivity contribution in [3.63, 3.8) is 0 Å². The van der Waals surface area contributed by atoms with Crippen LogP contribution in [-0.2, 0) is 4.74 Å². The van der Waals surface area contributed by atoms with Gasteiger partial charge in [-0.05, 0) is 31.6 Å². The smallest absolute Gasteiger partial charge is 0.188 e. The van der Waals surface area contributed by atoms with Gasteiger partial charge in [0.1, 0.15) is 0 Å². The molecule has 17 heavy (non-hydrogen) atoms. The zero-order valence-corrected chi connectivity index (χ0v) is 13.7. The molecule has 0 aromatic rings. The van der Waals surface area contributed by atoms with E-state index in [1.165, 1.54) is 0 Å². The number of hydrogen-bond donors (Lipinski definition) is 2. The summed E-state index contributed by atoms with van der Waals surface area (Å²) in [5, 5.41) is 3.12. The number of nitrogens with zero attached hydrogens (tertiary/aromatic N) is 1. The summed E-state index contributed by atoms with van der Waals surface area (Å²) in [6, 6.07) is 0. The van der Waals surface area contributed by atoms with Crippen LogP contribution in [0.25, 0.3) is 0 Å². The first-order valence-electron chi connectivity index (χ1n) is 6.19. The van der Waals surface area contributed by atoms with Gasteiger partial charge in [-0.2, -0.15) is 0 Å². The third-order valence-electron chi connectivity index (χ3n) is 2.32. The second-order valence-electron chi connectivity index (χ2n) is 4.43. The molecule has 0 aliphatic carbocycles. The van der Waals surface area contributed by atoms with Gasteiger partial charge in [-0.1, -0.05) is 13.8 Å². The lowest BCUT2D eigenvalue weighted by molar-refractivity contribution is 0.192. The third kappa shape index (κ3) is 16.0. The number of aliphatic imine (C=N–C) groups is 1. The summed E-state index contributed by atoms with van der Waals surface area (Å²) in [6.07, 6.45) is 4.46. The standard InChI is InChI=1S/C12H27N3O.HI/c1-11(2)7-9-15-12(13)14-8-5-4-6-10-16-3;/h11H,4-10H2,1-3H3,(H3,13,14,15);1H. The molecule has 0 saturated heterocycles. The fraction of sp³-hybridized carbons (Fsp3) is 0.917. The van der Waals surface area contributed by atoms with E-state index in [-0.39, 0.29) is 24.0 Å². The fourth-order valence-electron chi connectivity index (χ4n) is 1.28. The first-order chi connectivity index (χ1) is 7.66. The van der Waals surface area contributed by atoms with E-state index in [1.54, 1.807) is 7.11 Å². The van der Waals surface area contributed by atoms with Crippen molar-refractivity contribution >= 4 is 29.9 Å². The molecule has 0 aliphatic heterocycles. The van der Waals surface area contributed by atoms with Crippen molar-refractivity contribution < 1.29 is 4.74 Å². The predicted molar refractivity (Wildman–Crippen MR) is 85.1 cm³/mol. The highest BCUT2D eigenvalue weighted by Crippen LogP contribution is 1.97. The molecule has 0 unspecified atom stereocenters. The van der Waals surface area contributed by atoms with Crippen LogP contribution in [-0.4, -0.2) is 32.8 Å². The Morgan fingerprint density at radius 2 is 2.00 bits per heavy atom. The van der Waals surface area contributed by atoms with Gasteiger partial charge in [-0.15, -0.1) is 24.0 Å². The minimum atomic E-state index is 0. The zero-order chi connectivity index (χ0) is 12.2. The lowest BCUT2D eigenvalue weighted by Gasteiger charge is -2.07. The first kappa shape index (κ1) is 19.3. The van der Waals surface area contributed by atoms with Crippen LogP contribution in [0.4, 0.5) is 0 Å². The van der Waals surface area contributed by atoms with Gasteiger partial charge in [0.15, 0.2) is 5.96 Å². The molecule has 4 nitrogen and oxygen atoms in total. The van der Waals surface area contributed by atoms with E-state index >= 15 is 0 Å². The van der Waals surface area contributed by atoms with Gasteiger partial charge in [0, 0.05) is 26.8 Å². The van der Waals surface area contributed by atoms with Gasteiger partial charge in [0.2, 0.25) is 0 Å². The van der Waals surface area contributed by atoms with E-state index in [4.69, 9.17) is 10.5 Å². The summed E-state index contributed by atoms with van der Waals surface area (Å²) >= 11 is 0. The molecule has 0 bridgehead atoms. The molecule has 0 spiro atoms. The van der Waals surface area contributed by atoms with E-state index in [0.717, 1.165) is 45.4 Å². The Bertz CT molecular complexity index is 187. The molecule has 0 atom stereocenters. The number of ether oxygens (including phenoxy) is 1. The van der Waals surface area contributed by atoms with Crippen LogP contribution in [0.5, 0.6) is 0 Å². The van der Waals surface area contributed by atoms with Crippen LogP contribution in [0.1, 0.15) is 39.5 Å². The Balaban J connectivity index is 0. The molecule has 0 aromatic heterocycles. The molecule has 0 heterocycles. The fourth-order valence-corrected chi connectivity index (χ4v) is 1.28. The number of nitrogens with one attached hydrogen (secondary N) is 1. The van der Waals surface area contributed by atoms with Crippen LogP contribution in [0.3, 0.4) is 0 Å². The molecule has 0 radical (unpaired) electrons. The first-order valence-corrected chi connectivity index (χ1v) is 6.19. The Labute approximate surface area is 123 Å². The summed E-state index contributed by atoms with van der Waals surface area (Å²) < 4.78 is 4.97. The van der Waals surface area contributed by atoms with E-state index in [1.807, 2.05) is 0 Å². The third-order valence-corrected chi connectivity index (χ3v) is 2.32. The highest BCUT2D eigenvalue weighted by Gasteiger charge is 1.94. The Hall–Kier alpha value is -0.0400. The lowest BCUT2D eigenvalue weighted by Crippen LogP contribution is -2.33. The van der Waals surface area contributed by atoms with Crippen molar-refractivity contribution in [2.75, 3.05) is 26.8 Å². The van der Waals surface area contributed by atoms with E-state index < -0.39 is 0 Å². The van der Waals surface area contributed by atoms with Gasteiger partial charge in [-0.25, -0.2) is 0 Å². The molecule has 3 N–H and O–H groups in total. The minimum absolute atomic E-state index is 0. The molecule has 5 heteroatoms. The monoisotopic (exact) mass is 357 g/mol. The molecule has 0 amide bonds. The van der Waals surface area contributed by atoms with E-state index in [9.17, 15) is 0 Å². The number of guanidine groups is 1. The quantitative estimate of drug-likeness (QED) is 0.288. The predicted octanol–water partition coefficient (Wildman–Crippen LogP) is 2.37. The molecule has 104 valence electrons. The Morgan fingerprint density at radius 1 is 1.29 bits per heavy atom. The van der Waals surface area contributed by atoms with Crippen LogP contribution in [0.2, 0.25) is 0 Å². The Morgan fingerprint density at radius 3 is 2.59 bits per heavy atom. The maximum Gasteiger partial charge on any atom is 0.188 e. The van der Waals surface area contributed by atoms with Crippen LogP contribution in [0, 0.1) is 5.92 Å². The summed E-state index contributed by atoms with van der Waals surface area (Å²) in [5.41, 5.74) is 5.72. The van der Waals surface area contributed by atoms with Crippen molar-refractivity contribution in [3.05, 3.63) is 0 Å². The van der Waals surface area contributed by atoms with Crippen molar-refractivity contribution in [3.8, 4) is 0 Å². The number of unbranched alkanes of at least 4 members (excludes halogenated alkanes) is 2. The SMILES string of the molecule is COCCCCCN=C(N)NCCC(C)C.I. The maximum atomic E-state index is 5.72. The highest BCUT2D eigenvalue weighted by atomic mass is 127. The zero-order valence-electron chi connectivity index (χ0n) is 11.4. The van der Waals surface area contributed by atoms with Crippen molar-refractivity contribution in [2.45, 2.75) is 39.5 Å². The summed E-state index contributed by atoms with van der Waals surface area (Å²) in [4.78, 5) is 4.26. The van der Waals surface area contributed by atoms with Gasteiger partial charge in [0.05, 0.1) is 0 Å². The Kier molecular flexibility index (Phi) is 15.9. The number of halogens is 1. The topological polar surface area (TPSA) is 59.6 Å². The van der Waals surface area contributed by atoms with Crippen molar-refractivity contribution in [2.24, 2.45) is 16.6 Å². The van der Waals surface area contributed by atoms with Crippen LogP contribution >= 0.6 is 24.0 Å². The summed E-state index contributed by atoms with van der Waals surface area (Å²) in [7, 11) is 1.73. The van der Waals surface area contributed by atoms with Gasteiger partial charge >= 0.3 is 0 Å². The van der Waals surface area contributed by atoms with Crippen molar-refractivity contribution in [1.29, 1.82) is 0 Å². The minimum Gasteiger partial charge on any atom is -0.385 e. The second kappa shape index (κ2) is 14.0. The number of hydrogen-bond acceptors (Lipinski definition) is 2. The van der Waals surface area contributed by atoms with Crippen LogP contribution in [0.15, 0.2) is 4.99 Å². The van der Waals surface area contributed by atoms with Gasteiger partial charge in [-0.3, -0.25) is 4.99 Å². The molecule has 0 aromatic carbocycles. The molecule has 0 aliphatic rings. The van der Waals surface area contributed by atoms with Gasteiger partial charge in [0.25, 0.3) is 0 Å². The summed E-state index contributed by atoms with van der Waals surface area (Å²) in [6.45, 7) is 6.96. The average molecular weight is 357 g/mol. The maximum absolute atomic E-state index is 5.72. The number of methoxy groups -OCH3 is 1. The normalized spacial score (nSPS) is 11.4. The van der Waals surface area contributed by atoms with E-state index in [0.29, 0.717) is 11.9 Å². The largest absolute Gasteiger partial charge is 0.385 e. The molecular formula is C12H28IN3O. The molecular weight excluding hydrogens is 329 g/mol. The van der Waals surface area contributed by atoms with Crippen molar-refractivity contribution in [1.82, 2.24) is 5.32 Å². The molecule has 0 rings (SSSR count). The van der Waals surface area contributed by atoms with E-state index in [2.05, 4.69) is 24.2 Å². The summed E-state index contributed by atoms with van der Waals surface area (Å²) in [5.74, 6) is 1.28. The van der Waals surface area contributed by atoms with Gasteiger partial charge < -0.3 is 15.8 Å². The average Bonchev–Trinajstić information content (AvgIpc) is 2.22. The highest BCUT2D eigenvalue weighted by molar-refractivity contribution is 14.0. The molecule has 0 fully saturated rings. The van der Waals surface area contributed by atoms with Crippen LogP contribution < -0.4 is 11.1 Å². The molecule has 0 saturated carbocycles. The number of nitrogens with two attached hydrogens (primary N) is 1. The number of rotatable bonds is 9.